The van der Waals surface area contributed by atoms with Crippen molar-refractivity contribution in [1.82, 2.24) is 5.32 Å². The molecule has 1 aliphatic rings. The highest BCUT2D eigenvalue weighted by Gasteiger charge is 2.48. The fourth-order valence-electron chi connectivity index (χ4n) is 1.88. The molecule has 1 atom stereocenters. The second-order valence-electron chi connectivity index (χ2n) is 3.70. The van der Waals surface area contributed by atoms with Gasteiger partial charge in [0.15, 0.2) is 5.40 Å². The first-order valence-electron chi connectivity index (χ1n) is 4.54. The summed E-state index contributed by atoms with van der Waals surface area (Å²) in [6.45, 7) is 0.951. The Kier molecular flexibility index (Phi) is 4.12. The van der Waals surface area contributed by atoms with E-state index in [0.29, 0.717) is 19.4 Å². The zero-order valence-electron chi connectivity index (χ0n) is 7.98. The van der Waals surface area contributed by atoms with Gasteiger partial charge < -0.3 is 24.9 Å². The van der Waals surface area contributed by atoms with Crippen molar-refractivity contribution >= 4 is 15.2 Å². The van der Waals surface area contributed by atoms with Crippen molar-refractivity contribution in [3.63, 3.8) is 0 Å². The molecule has 1 fully saturated rings. The van der Waals surface area contributed by atoms with Crippen LogP contribution in [-0.4, -0.2) is 38.1 Å². The molecule has 0 aliphatic carbocycles. The van der Waals surface area contributed by atoms with Gasteiger partial charge in [-0.2, -0.15) is 0 Å². The molecule has 0 aromatic heterocycles. The van der Waals surface area contributed by atoms with Crippen molar-refractivity contribution in [2.75, 3.05) is 13.1 Å². The zero-order chi connectivity index (χ0) is 11.7. The minimum Gasteiger partial charge on any atom is -0.324 e. The first-order valence-corrected chi connectivity index (χ1v) is 7.90. The van der Waals surface area contributed by atoms with Crippen LogP contribution in [0.5, 0.6) is 0 Å². The molecule has 0 aromatic rings. The van der Waals surface area contributed by atoms with Crippen molar-refractivity contribution in [3.05, 3.63) is 0 Å². The summed E-state index contributed by atoms with van der Waals surface area (Å²) in [7, 11) is -9.54. The summed E-state index contributed by atoms with van der Waals surface area (Å²) in [6, 6.07) is 0. The van der Waals surface area contributed by atoms with Gasteiger partial charge in [-0.25, -0.2) is 0 Å². The van der Waals surface area contributed by atoms with Gasteiger partial charge >= 0.3 is 15.2 Å². The maximum Gasteiger partial charge on any atom is 0.341 e. The first-order chi connectivity index (χ1) is 6.73. The van der Waals surface area contributed by atoms with Gasteiger partial charge in [-0.3, -0.25) is 9.13 Å². The highest BCUT2D eigenvalue weighted by Crippen LogP contribution is 2.63. The van der Waals surface area contributed by atoms with E-state index in [1.165, 1.54) is 0 Å². The molecule has 1 aliphatic heterocycles. The molecule has 0 spiro atoms. The number of rotatable bonds is 3. The fraction of sp³-hybridized carbons (Fsp3) is 1.00. The van der Waals surface area contributed by atoms with Crippen LogP contribution in [0.15, 0.2) is 0 Å². The quantitative estimate of drug-likeness (QED) is 0.439. The molecule has 0 bridgehead atoms. The summed E-state index contributed by atoms with van der Waals surface area (Å²) in [6.07, 6.45) is 1.09. The normalized spacial score (nSPS) is 24.5. The molecule has 15 heavy (non-hydrogen) atoms. The predicted octanol–water partition coefficient (Wildman–Crippen LogP) is -0.333. The standard InChI is InChI=1S/C6H15NO6P2/c8-14(9,10)6(15(11,12)13)5-2-1-3-7-4-5/h5-7H,1-4H2,(H2,8,9,10)(H2,11,12,13). The molecule has 1 unspecified atom stereocenters. The summed E-state index contributed by atoms with van der Waals surface area (Å²) in [4.78, 5) is 35.8. The van der Waals surface area contributed by atoms with Gasteiger partial charge in [-0.1, -0.05) is 0 Å². The van der Waals surface area contributed by atoms with E-state index in [9.17, 15) is 9.13 Å². The van der Waals surface area contributed by atoms with Crippen LogP contribution in [0.4, 0.5) is 0 Å². The maximum absolute atomic E-state index is 11.1. The highest BCUT2D eigenvalue weighted by molar-refractivity contribution is 7.70. The van der Waals surface area contributed by atoms with Gasteiger partial charge in [0.05, 0.1) is 0 Å². The lowest BCUT2D eigenvalue weighted by atomic mass is 10.0. The minimum atomic E-state index is -4.77. The Morgan fingerprint density at radius 2 is 1.67 bits per heavy atom. The zero-order valence-corrected chi connectivity index (χ0v) is 9.77. The molecule has 1 heterocycles. The van der Waals surface area contributed by atoms with Crippen LogP contribution in [0, 0.1) is 5.92 Å². The SMILES string of the molecule is O=P(O)(O)C(C1CCCNC1)P(=O)(O)O. The van der Waals surface area contributed by atoms with Crippen molar-refractivity contribution < 1.29 is 28.7 Å². The third-order valence-corrected chi connectivity index (χ3v) is 6.47. The third kappa shape index (κ3) is 3.64. The highest BCUT2D eigenvalue weighted by atomic mass is 31.2. The van der Waals surface area contributed by atoms with Gasteiger partial charge in [0, 0.05) is 0 Å². The molecule has 1 saturated heterocycles. The summed E-state index contributed by atoms with van der Waals surface area (Å²) in [5.41, 5.74) is 0. The Morgan fingerprint density at radius 3 is 2.00 bits per heavy atom. The van der Waals surface area contributed by atoms with Crippen LogP contribution in [0.25, 0.3) is 0 Å². The van der Waals surface area contributed by atoms with E-state index in [4.69, 9.17) is 19.6 Å². The van der Waals surface area contributed by atoms with E-state index in [1.54, 1.807) is 0 Å². The average molecular weight is 259 g/mol. The second kappa shape index (κ2) is 4.63. The molecule has 7 nitrogen and oxygen atoms in total. The molecule has 1 rings (SSSR count). The largest absolute Gasteiger partial charge is 0.341 e. The van der Waals surface area contributed by atoms with Gasteiger partial charge in [-0.15, -0.1) is 0 Å². The Labute approximate surface area is 87.2 Å². The third-order valence-electron chi connectivity index (χ3n) is 2.45. The lowest BCUT2D eigenvalue weighted by Crippen LogP contribution is -2.36. The van der Waals surface area contributed by atoms with Gasteiger partial charge in [0.1, 0.15) is 0 Å². The second-order valence-corrected chi connectivity index (χ2v) is 7.57. The summed E-state index contributed by atoms with van der Waals surface area (Å²) in [5.74, 6) is -0.666. The van der Waals surface area contributed by atoms with Crippen LogP contribution in [-0.2, 0) is 9.13 Å². The molecule has 90 valence electrons. The molecule has 0 saturated carbocycles. The van der Waals surface area contributed by atoms with Crippen molar-refractivity contribution in [2.45, 2.75) is 18.2 Å². The smallest absolute Gasteiger partial charge is 0.324 e. The van der Waals surface area contributed by atoms with Crippen molar-refractivity contribution in [3.8, 4) is 0 Å². The first kappa shape index (κ1) is 13.3. The minimum absolute atomic E-state index is 0.237. The molecular weight excluding hydrogens is 244 g/mol. The summed E-state index contributed by atoms with van der Waals surface area (Å²) >= 11 is 0. The van der Waals surface area contributed by atoms with Crippen LogP contribution >= 0.6 is 15.2 Å². The predicted molar refractivity (Wildman–Crippen MR) is 53.5 cm³/mol. The van der Waals surface area contributed by atoms with Crippen LogP contribution in [0.1, 0.15) is 12.8 Å². The van der Waals surface area contributed by atoms with Crippen LogP contribution in [0.3, 0.4) is 0 Å². The van der Waals surface area contributed by atoms with Crippen molar-refractivity contribution in [1.29, 1.82) is 0 Å². The average Bonchev–Trinajstić information content (AvgIpc) is 2.00. The van der Waals surface area contributed by atoms with E-state index in [2.05, 4.69) is 5.32 Å². The van der Waals surface area contributed by atoms with Gasteiger partial charge in [-0.05, 0) is 31.8 Å². The molecule has 5 N–H and O–H groups in total. The van der Waals surface area contributed by atoms with E-state index >= 15 is 0 Å². The molecular formula is C6H15NO6P2. The monoisotopic (exact) mass is 259 g/mol. The topological polar surface area (TPSA) is 127 Å². The number of hydrogen-bond acceptors (Lipinski definition) is 3. The Balaban J connectivity index is 2.91. The Bertz CT molecular complexity index is 281. The van der Waals surface area contributed by atoms with Crippen LogP contribution in [0.2, 0.25) is 0 Å². The Morgan fingerprint density at radius 1 is 1.13 bits per heavy atom. The maximum atomic E-state index is 11.1. The lowest BCUT2D eigenvalue weighted by Gasteiger charge is -2.31. The lowest BCUT2D eigenvalue weighted by molar-refractivity contribution is 0.293. The van der Waals surface area contributed by atoms with E-state index < -0.39 is 26.5 Å². The summed E-state index contributed by atoms with van der Waals surface area (Å²) < 4.78 is 22.1. The fourth-order valence-corrected chi connectivity index (χ4v) is 5.05. The van der Waals surface area contributed by atoms with Crippen LogP contribution < -0.4 is 5.32 Å². The Hall–Kier alpha value is 0.260. The molecule has 0 amide bonds. The van der Waals surface area contributed by atoms with Gasteiger partial charge in [0.2, 0.25) is 0 Å². The van der Waals surface area contributed by atoms with Crippen molar-refractivity contribution in [2.24, 2.45) is 5.92 Å². The van der Waals surface area contributed by atoms with E-state index in [-0.39, 0.29) is 6.54 Å². The molecule has 0 aromatic carbocycles. The summed E-state index contributed by atoms with van der Waals surface area (Å²) in [5, 5.41) is 1.01. The number of piperidine rings is 1. The number of hydrogen-bond donors (Lipinski definition) is 5. The van der Waals surface area contributed by atoms with E-state index in [0.717, 1.165) is 0 Å². The molecule has 9 heteroatoms. The molecule has 0 radical (unpaired) electrons. The van der Waals surface area contributed by atoms with E-state index in [1.807, 2.05) is 0 Å². The van der Waals surface area contributed by atoms with Gasteiger partial charge in [0.25, 0.3) is 0 Å². The number of nitrogens with one attached hydrogen (secondary N) is 1.